The second-order valence-electron chi connectivity index (χ2n) is 4.98. The number of amidine groups is 1. The summed E-state index contributed by atoms with van der Waals surface area (Å²) >= 11 is 0. The van der Waals surface area contributed by atoms with E-state index in [-0.39, 0.29) is 5.84 Å². The third-order valence-electron chi connectivity index (χ3n) is 3.46. The molecule has 5 nitrogen and oxygen atoms in total. The molecule has 0 bridgehead atoms. The lowest BCUT2D eigenvalue weighted by Gasteiger charge is -2.20. The maximum Gasteiger partial charge on any atom is 0.170 e. The predicted octanol–water partition coefficient (Wildman–Crippen LogP) is 2.16. The zero-order chi connectivity index (χ0) is 15.2. The number of benzene rings is 1. The van der Waals surface area contributed by atoms with Gasteiger partial charge in [0.25, 0.3) is 0 Å². The molecule has 110 valence electrons. The number of nitrogens with two attached hydrogens (primary N) is 1. The van der Waals surface area contributed by atoms with Crippen molar-refractivity contribution >= 4 is 11.5 Å². The topological polar surface area (TPSA) is 74.7 Å². The van der Waals surface area contributed by atoms with Gasteiger partial charge in [0.15, 0.2) is 5.84 Å². The SMILES string of the molecule is Cc1cc(N(C)CCc2ccccn2)ccc1/C(N)=N/O. The van der Waals surface area contributed by atoms with Crippen LogP contribution in [0.2, 0.25) is 0 Å². The Hall–Kier alpha value is -2.56. The first kappa shape index (κ1) is 14.8. The maximum absolute atomic E-state index is 8.75. The van der Waals surface area contributed by atoms with Crippen molar-refractivity contribution in [3.05, 3.63) is 59.4 Å². The van der Waals surface area contributed by atoms with Crippen molar-refractivity contribution in [1.82, 2.24) is 4.98 Å². The van der Waals surface area contributed by atoms with Crippen molar-refractivity contribution in [2.75, 3.05) is 18.5 Å². The summed E-state index contributed by atoms with van der Waals surface area (Å²) in [5, 5.41) is 11.8. The fraction of sp³-hybridized carbons (Fsp3) is 0.250. The Morgan fingerprint density at radius 1 is 1.33 bits per heavy atom. The summed E-state index contributed by atoms with van der Waals surface area (Å²) in [4.78, 5) is 6.49. The number of nitrogens with zero attached hydrogens (tertiary/aromatic N) is 3. The highest BCUT2D eigenvalue weighted by Crippen LogP contribution is 2.18. The Balaban J connectivity index is 2.06. The van der Waals surface area contributed by atoms with Crippen molar-refractivity contribution < 1.29 is 5.21 Å². The van der Waals surface area contributed by atoms with Crippen LogP contribution in [0.4, 0.5) is 5.69 Å². The molecule has 0 atom stereocenters. The van der Waals surface area contributed by atoms with E-state index < -0.39 is 0 Å². The number of hydrogen-bond acceptors (Lipinski definition) is 4. The average molecular weight is 284 g/mol. The van der Waals surface area contributed by atoms with Crippen LogP contribution < -0.4 is 10.6 Å². The van der Waals surface area contributed by atoms with Crippen LogP contribution in [0.1, 0.15) is 16.8 Å². The summed E-state index contributed by atoms with van der Waals surface area (Å²) in [6.07, 6.45) is 2.70. The number of oxime groups is 1. The zero-order valence-corrected chi connectivity index (χ0v) is 12.3. The predicted molar refractivity (Wildman–Crippen MR) is 84.9 cm³/mol. The van der Waals surface area contributed by atoms with Gasteiger partial charge in [-0.1, -0.05) is 11.2 Å². The van der Waals surface area contributed by atoms with Gasteiger partial charge in [-0.25, -0.2) is 0 Å². The van der Waals surface area contributed by atoms with Crippen LogP contribution in [0.15, 0.2) is 47.8 Å². The highest BCUT2D eigenvalue weighted by molar-refractivity contribution is 5.98. The maximum atomic E-state index is 8.75. The minimum absolute atomic E-state index is 0.134. The van der Waals surface area contributed by atoms with Crippen molar-refractivity contribution in [3.8, 4) is 0 Å². The molecule has 0 saturated carbocycles. The van der Waals surface area contributed by atoms with E-state index in [0.717, 1.165) is 35.5 Å². The van der Waals surface area contributed by atoms with Gasteiger partial charge >= 0.3 is 0 Å². The highest BCUT2D eigenvalue weighted by atomic mass is 16.4. The number of pyridine rings is 1. The lowest BCUT2D eigenvalue weighted by atomic mass is 10.1. The molecule has 5 heteroatoms. The normalized spacial score (nSPS) is 11.4. The van der Waals surface area contributed by atoms with Gasteiger partial charge in [0.2, 0.25) is 0 Å². The first-order chi connectivity index (χ1) is 10.1. The smallest absolute Gasteiger partial charge is 0.170 e. The highest BCUT2D eigenvalue weighted by Gasteiger charge is 2.07. The zero-order valence-electron chi connectivity index (χ0n) is 12.3. The average Bonchev–Trinajstić information content (AvgIpc) is 2.52. The van der Waals surface area contributed by atoms with Crippen LogP contribution >= 0.6 is 0 Å². The van der Waals surface area contributed by atoms with Gasteiger partial charge in [0.05, 0.1) is 0 Å². The van der Waals surface area contributed by atoms with Crippen LogP contribution in [0, 0.1) is 6.92 Å². The molecule has 0 unspecified atom stereocenters. The van der Waals surface area contributed by atoms with Crippen LogP contribution in [-0.4, -0.2) is 29.6 Å². The van der Waals surface area contributed by atoms with E-state index in [1.165, 1.54) is 0 Å². The van der Waals surface area contributed by atoms with Gasteiger partial charge in [0.1, 0.15) is 0 Å². The number of hydrogen-bond donors (Lipinski definition) is 2. The van der Waals surface area contributed by atoms with E-state index in [1.54, 1.807) is 0 Å². The van der Waals surface area contributed by atoms with Gasteiger partial charge < -0.3 is 15.8 Å². The molecule has 0 radical (unpaired) electrons. The molecule has 0 saturated heterocycles. The fourth-order valence-corrected chi connectivity index (χ4v) is 2.18. The van der Waals surface area contributed by atoms with E-state index >= 15 is 0 Å². The summed E-state index contributed by atoms with van der Waals surface area (Å²) < 4.78 is 0. The second kappa shape index (κ2) is 6.74. The molecule has 1 aromatic heterocycles. The first-order valence-electron chi connectivity index (χ1n) is 6.81. The summed E-state index contributed by atoms with van der Waals surface area (Å²) in [5.74, 6) is 0.134. The molecule has 0 fully saturated rings. The number of anilines is 1. The molecule has 2 rings (SSSR count). The Labute approximate surface area is 124 Å². The number of likely N-dealkylation sites (N-methyl/N-ethyl adjacent to an activating group) is 1. The lowest BCUT2D eigenvalue weighted by molar-refractivity contribution is 0.318. The summed E-state index contributed by atoms with van der Waals surface area (Å²) in [7, 11) is 2.04. The molecule has 3 N–H and O–H groups in total. The molecular formula is C16H20N4O. The molecule has 0 aliphatic carbocycles. The molecule has 2 aromatic rings. The number of aromatic nitrogens is 1. The van der Waals surface area contributed by atoms with E-state index in [9.17, 15) is 0 Å². The van der Waals surface area contributed by atoms with Gasteiger partial charge in [-0.15, -0.1) is 0 Å². The largest absolute Gasteiger partial charge is 0.409 e. The van der Waals surface area contributed by atoms with Gasteiger partial charge in [0, 0.05) is 43.2 Å². The van der Waals surface area contributed by atoms with E-state index in [1.807, 2.05) is 56.6 Å². The Kier molecular flexibility index (Phi) is 4.77. The van der Waals surface area contributed by atoms with Crippen molar-refractivity contribution in [3.63, 3.8) is 0 Å². The van der Waals surface area contributed by atoms with Crippen molar-refractivity contribution in [2.24, 2.45) is 10.9 Å². The van der Waals surface area contributed by atoms with E-state index in [4.69, 9.17) is 10.9 Å². The first-order valence-corrected chi connectivity index (χ1v) is 6.81. The third kappa shape index (κ3) is 3.72. The lowest BCUT2D eigenvalue weighted by Crippen LogP contribution is -2.21. The Morgan fingerprint density at radius 2 is 2.14 bits per heavy atom. The van der Waals surface area contributed by atoms with Crippen LogP contribution in [0.3, 0.4) is 0 Å². The van der Waals surface area contributed by atoms with Crippen LogP contribution in [-0.2, 0) is 6.42 Å². The van der Waals surface area contributed by atoms with Gasteiger partial charge in [-0.05, 0) is 42.8 Å². The van der Waals surface area contributed by atoms with Crippen molar-refractivity contribution in [1.29, 1.82) is 0 Å². The van der Waals surface area contributed by atoms with Crippen molar-refractivity contribution in [2.45, 2.75) is 13.3 Å². The fourth-order valence-electron chi connectivity index (χ4n) is 2.18. The van der Waals surface area contributed by atoms with Gasteiger partial charge in [-0.3, -0.25) is 4.98 Å². The monoisotopic (exact) mass is 284 g/mol. The van der Waals surface area contributed by atoms with E-state index in [0.29, 0.717) is 0 Å². The Bertz CT molecular complexity index is 625. The van der Waals surface area contributed by atoms with Gasteiger partial charge in [-0.2, -0.15) is 0 Å². The molecule has 1 aromatic carbocycles. The van der Waals surface area contributed by atoms with E-state index in [2.05, 4.69) is 15.0 Å². The minimum Gasteiger partial charge on any atom is -0.409 e. The Morgan fingerprint density at radius 3 is 2.76 bits per heavy atom. The second-order valence-corrected chi connectivity index (χ2v) is 4.98. The number of rotatable bonds is 5. The van der Waals surface area contributed by atoms with Crippen LogP contribution in [0.5, 0.6) is 0 Å². The molecule has 1 heterocycles. The standard InChI is InChI=1S/C16H20N4O/c1-12-11-14(6-7-15(12)16(17)19-21)20(2)10-8-13-5-3-4-9-18-13/h3-7,9,11,21H,8,10H2,1-2H3,(H2,17,19). The number of aryl methyl sites for hydroxylation is 1. The molecule has 21 heavy (non-hydrogen) atoms. The molecular weight excluding hydrogens is 264 g/mol. The molecule has 0 spiro atoms. The summed E-state index contributed by atoms with van der Waals surface area (Å²) in [6, 6.07) is 11.8. The summed E-state index contributed by atoms with van der Waals surface area (Å²) in [5.41, 5.74) is 9.54. The minimum atomic E-state index is 0.134. The molecule has 0 amide bonds. The molecule has 0 aliphatic heterocycles. The molecule has 0 aliphatic rings. The third-order valence-corrected chi connectivity index (χ3v) is 3.46. The van der Waals surface area contributed by atoms with Crippen LogP contribution in [0.25, 0.3) is 0 Å². The quantitative estimate of drug-likeness (QED) is 0.382. The summed E-state index contributed by atoms with van der Waals surface area (Å²) in [6.45, 7) is 2.82.